The molecule has 2 unspecified atom stereocenters. The van der Waals surface area contributed by atoms with E-state index >= 15 is 0 Å². The third kappa shape index (κ3) is 4.00. The van der Waals surface area contributed by atoms with Crippen molar-refractivity contribution in [2.24, 2.45) is 0 Å². The van der Waals surface area contributed by atoms with Gasteiger partial charge in [-0.1, -0.05) is 43.7 Å². The molecule has 1 aliphatic heterocycles. The van der Waals surface area contributed by atoms with E-state index < -0.39 is 27.1 Å². The summed E-state index contributed by atoms with van der Waals surface area (Å²) in [7, 11) is -3.73. The zero-order valence-electron chi connectivity index (χ0n) is 18.3. The number of rotatable bonds is 9. The number of nitrogens with zero attached hydrogens (tertiary/aromatic N) is 3. The molecular formula is C23H30N4O4S. The van der Waals surface area contributed by atoms with E-state index in [2.05, 4.69) is 19.5 Å². The second-order valence-electron chi connectivity index (χ2n) is 8.57. The average molecular weight is 459 g/mol. The number of unbranched alkanes of at least 4 members (excludes halogenated alkanes) is 1. The molecule has 32 heavy (non-hydrogen) atoms. The Balaban J connectivity index is 1.64. The maximum absolute atomic E-state index is 12.8. The number of sulfonamides is 1. The summed E-state index contributed by atoms with van der Waals surface area (Å²) in [6.45, 7) is 4.61. The van der Waals surface area contributed by atoms with Gasteiger partial charge < -0.3 is 10.0 Å². The number of nitrogens with one attached hydrogen (secondary N) is 1. The van der Waals surface area contributed by atoms with Gasteiger partial charge in [-0.3, -0.25) is 14.7 Å². The van der Waals surface area contributed by atoms with Gasteiger partial charge in [-0.05, 0) is 24.1 Å². The van der Waals surface area contributed by atoms with E-state index in [9.17, 15) is 18.3 Å². The van der Waals surface area contributed by atoms with E-state index in [0.29, 0.717) is 19.5 Å². The van der Waals surface area contributed by atoms with Crippen LogP contribution in [0, 0.1) is 0 Å². The van der Waals surface area contributed by atoms with Gasteiger partial charge in [-0.15, -0.1) is 0 Å². The van der Waals surface area contributed by atoms with E-state index in [4.69, 9.17) is 0 Å². The number of piperazine rings is 1. The number of carboxylic acids is 1. The first kappa shape index (κ1) is 22.7. The van der Waals surface area contributed by atoms with Gasteiger partial charge in [0.15, 0.2) is 5.54 Å². The molecular weight excluding hydrogens is 428 g/mol. The molecule has 4 rings (SSSR count). The van der Waals surface area contributed by atoms with Gasteiger partial charge >= 0.3 is 5.97 Å². The van der Waals surface area contributed by atoms with Crippen molar-refractivity contribution in [1.82, 2.24) is 14.6 Å². The number of aromatic nitrogens is 1. The van der Waals surface area contributed by atoms with Crippen LogP contribution in [-0.2, 0) is 20.4 Å². The minimum absolute atomic E-state index is 0.0702. The lowest BCUT2D eigenvalue weighted by Crippen LogP contribution is -2.58. The summed E-state index contributed by atoms with van der Waals surface area (Å²) in [5.41, 5.74) is -0.573. The molecule has 172 valence electrons. The fraction of sp³-hybridized carbons (Fsp3) is 0.478. The third-order valence-corrected chi connectivity index (χ3v) is 8.15. The number of hydrogen-bond donors (Lipinski definition) is 2. The van der Waals surface area contributed by atoms with Crippen LogP contribution in [0.2, 0.25) is 0 Å². The summed E-state index contributed by atoms with van der Waals surface area (Å²) in [5, 5.41) is 10.3. The second kappa shape index (κ2) is 8.80. The van der Waals surface area contributed by atoms with Crippen LogP contribution in [0.15, 0.2) is 54.9 Å². The molecule has 1 aromatic heterocycles. The fourth-order valence-electron chi connectivity index (χ4n) is 4.93. The highest BCUT2D eigenvalue weighted by atomic mass is 32.2. The number of hydrogen-bond acceptors (Lipinski definition) is 6. The first-order valence-corrected chi connectivity index (χ1v) is 12.7. The topological polar surface area (TPSA) is 103 Å². The average Bonchev–Trinajstić information content (AvgIpc) is 3.49. The van der Waals surface area contributed by atoms with Crippen molar-refractivity contribution in [1.29, 1.82) is 0 Å². The molecule has 1 aromatic carbocycles. The molecule has 2 N–H and O–H groups in total. The Hall–Kier alpha value is -2.49. The number of carbonyl (C=O) groups is 1. The summed E-state index contributed by atoms with van der Waals surface area (Å²) in [6.07, 6.45) is 4.94. The van der Waals surface area contributed by atoms with Gasteiger partial charge in [-0.25, -0.2) is 8.42 Å². The Labute approximate surface area is 189 Å². The van der Waals surface area contributed by atoms with E-state index in [0.717, 1.165) is 30.8 Å². The first-order chi connectivity index (χ1) is 15.3. The van der Waals surface area contributed by atoms with Crippen LogP contribution in [0.4, 0.5) is 5.69 Å². The highest BCUT2D eigenvalue weighted by molar-refractivity contribution is 7.89. The van der Waals surface area contributed by atoms with Crippen molar-refractivity contribution in [3.63, 3.8) is 0 Å². The lowest BCUT2D eigenvalue weighted by atomic mass is 9.96. The molecule has 2 aromatic rings. The lowest BCUT2D eigenvalue weighted by Gasteiger charge is -2.42. The molecule has 9 heteroatoms. The van der Waals surface area contributed by atoms with E-state index in [1.54, 1.807) is 12.4 Å². The number of carboxylic acid groups (broad SMARTS) is 1. The smallest absolute Gasteiger partial charge is 0.327 e. The van der Waals surface area contributed by atoms with Gasteiger partial charge in [0.25, 0.3) is 0 Å². The SMILES string of the molecule is CCCCS(=O)(=O)NC1(C(=O)O)CC1(c1ccccc1)N1CCN(c2ccncc2)CC1. The Morgan fingerprint density at radius 1 is 1.09 bits per heavy atom. The highest BCUT2D eigenvalue weighted by Gasteiger charge is 2.77. The van der Waals surface area contributed by atoms with Gasteiger partial charge in [-0.2, -0.15) is 4.72 Å². The van der Waals surface area contributed by atoms with Crippen LogP contribution >= 0.6 is 0 Å². The van der Waals surface area contributed by atoms with Crippen LogP contribution in [0.25, 0.3) is 0 Å². The molecule has 2 aliphatic rings. The van der Waals surface area contributed by atoms with Crippen molar-refractivity contribution >= 4 is 21.7 Å². The number of anilines is 1. The van der Waals surface area contributed by atoms with Crippen LogP contribution in [0.5, 0.6) is 0 Å². The summed E-state index contributed by atoms with van der Waals surface area (Å²) in [6, 6.07) is 13.4. The second-order valence-corrected chi connectivity index (χ2v) is 10.4. The predicted octanol–water partition coefficient (Wildman–Crippen LogP) is 2.05. The Bertz CT molecular complexity index is 1040. The Kier molecular flexibility index (Phi) is 6.24. The number of pyridine rings is 1. The molecule has 0 radical (unpaired) electrons. The molecule has 1 saturated carbocycles. The van der Waals surface area contributed by atoms with Crippen molar-refractivity contribution in [3.8, 4) is 0 Å². The minimum atomic E-state index is -3.73. The van der Waals surface area contributed by atoms with E-state index in [1.807, 2.05) is 49.4 Å². The fourth-order valence-corrected chi connectivity index (χ4v) is 6.56. The standard InChI is InChI=1S/C23H30N4O4S/c1-2-3-17-32(30,31)25-22(21(28)29)18-23(22,19-7-5-4-6-8-19)27-15-13-26(14-16-27)20-9-11-24-12-10-20/h4-12,25H,2-3,13-18H2,1H3,(H,28,29). The monoisotopic (exact) mass is 458 g/mol. The van der Waals surface area contributed by atoms with Crippen molar-refractivity contribution < 1.29 is 18.3 Å². The molecule has 0 bridgehead atoms. The molecule has 2 heterocycles. The van der Waals surface area contributed by atoms with Gasteiger partial charge in [0.05, 0.1) is 11.3 Å². The maximum Gasteiger partial charge on any atom is 0.327 e. The molecule has 0 spiro atoms. The third-order valence-electron chi connectivity index (χ3n) is 6.66. The normalized spacial score (nSPS) is 26.1. The molecule has 8 nitrogen and oxygen atoms in total. The van der Waals surface area contributed by atoms with Crippen LogP contribution in [0.1, 0.15) is 31.7 Å². The highest BCUT2D eigenvalue weighted by Crippen LogP contribution is 2.60. The van der Waals surface area contributed by atoms with Crippen LogP contribution < -0.4 is 9.62 Å². The maximum atomic E-state index is 12.8. The zero-order valence-corrected chi connectivity index (χ0v) is 19.1. The molecule has 2 atom stereocenters. The van der Waals surface area contributed by atoms with Crippen molar-refractivity contribution in [2.75, 3.05) is 36.8 Å². The number of benzene rings is 1. The van der Waals surface area contributed by atoms with E-state index in [-0.39, 0.29) is 12.2 Å². The minimum Gasteiger partial charge on any atom is -0.480 e. The Morgan fingerprint density at radius 3 is 2.34 bits per heavy atom. The van der Waals surface area contributed by atoms with Crippen LogP contribution in [-0.4, -0.2) is 66.8 Å². The number of aliphatic carboxylic acids is 1. The van der Waals surface area contributed by atoms with Gasteiger partial charge in [0, 0.05) is 50.7 Å². The zero-order chi connectivity index (χ0) is 22.8. The predicted molar refractivity (Wildman–Crippen MR) is 123 cm³/mol. The molecule has 2 fully saturated rings. The quantitative estimate of drug-likeness (QED) is 0.593. The van der Waals surface area contributed by atoms with E-state index in [1.165, 1.54) is 0 Å². The van der Waals surface area contributed by atoms with Gasteiger partial charge in [0.2, 0.25) is 10.0 Å². The summed E-state index contributed by atoms with van der Waals surface area (Å²) in [5.74, 6) is -1.20. The van der Waals surface area contributed by atoms with Crippen LogP contribution in [0.3, 0.4) is 0 Å². The summed E-state index contributed by atoms with van der Waals surface area (Å²) in [4.78, 5) is 21.0. The van der Waals surface area contributed by atoms with Crippen molar-refractivity contribution in [2.45, 2.75) is 37.3 Å². The summed E-state index contributed by atoms with van der Waals surface area (Å²) < 4.78 is 28.2. The molecule has 1 saturated heterocycles. The molecule has 0 amide bonds. The molecule has 1 aliphatic carbocycles. The Morgan fingerprint density at radius 2 is 1.75 bits per heavy atom. The lowest BCUT2D eigenvalue weighted by molar-refractivity contribution is -0.141. The summed E-state index contributed by atoms with van der Waals surface area (Å²) >= 11 is 0. The first-order valence-electron chi connectivity index (χ1n) is 11.1. The largest absolute Gasteiger partial charge is 0.480 e. The van der Waals surface area contributed by atoms with Crippen molar-refractivity contribution in [3.05, 3.63) is 60.4 Å². The van der Waals surface area contributed by atoms with Gasteiger partial charge in [0.1, 0.15) is 0 Å².